The second-order valence-corrected chi connectivity index (χ2v) is 2.32. The van der Waals surface area contributed by atoms with Gasteiger partial charge in [0.15, 0.2) is 5.54 Å². The Morgan fingerprint density at radius 3 is 2.42 bits per heavy atom. The van der Waals surface area contributed by atoms with Crippen LogP contribution >= 0.6 is 0 Å². The molecule has 4 nitrogen and oxygen atoms in total. The van der Waals surface area contributed by atoms with Crippen molar-refractivity contribution in [1.29, 1.82) is 0 Å². The average Bonchev–Trinajstić information content (AvgIpc) is 1.99. The zero-order valence-electron chi connectivity index (χ0n) is 6.34. The minimum Gasteiger partial charge on any atom is -0.480 e. The van der Waals surface area contributed by atoms with Gasteiger partial charge < -0.3 is 16.6 Å². The highest BCUT2D eigenvalue weighted by molar-refractivity contribution is 5.81. The minimum atomic E-state index is -3.12. The van der Waals surface area contributed by atoms with Gasteiger partial charge in [0.05, 0.1) is 0 Å². The lowest BCUT2D eigenvalue weighted by Gasteiger charge is -2.22. The van der Waals surface area contributed by atoms with Gasteiger partial charge in [-0.05, 0) is 19.4 Å². The number of carboxylic acids is 1. The summed E-state index contributed by atoms with van der Waals surface area (Å²) in [4.78, 5) is 10.3. The summed E-state index contributed by atoms with van der Waals surface area (Å²) in [5.41, 5.74) is 7.35. The van der Waals surface area contributed by atoms with Crippen LogP contribution in [0, 0.1) is 6.42 Å². The monoisotopic (exact) mass is 181 g/mol. The van der Waals surface area contributed by atoms with E-state index in [1.165, 1.54) is 0 Å². The zero-order valence-corrected chi connectivity index (χ0v) is 6.34. The number of alkyl halides is 2. The highest BCUT2D eigenvalue weighted by atomic mass is 19.3. The Kier molecular flexibility index (Phi) is 4.05. The van der Waals surface area contributed by atoms with Gasteiger partial charge in [-0.15, -0.1) is 0 Å². The molecule has 5 N–H and O–H groups in total. The normalized spacial score (nSPS) is 16.1. The number of rotatable bonds is 5. The van der Waals surface area contributed by atoms with Gasteiger partial charge in [-0.3, -0.25) is 0 Å². The van der Waals surface area contributed by atoms with Crippen LogP contribution in [0.15, 0.2) is 0 Å². The maximum Gasteiger partial charge on any atom is 0.329 e. The predicted octanol–water partition coefficient (Wildman–Crippen LogP) is -0.413. The molecular formula is C6H11F2N2O2. The Balaban J connectivity index is 4.29. The second kappa shape index (κ2) is 4.32. The summed E-state index contributed by atoms with van der Waals surface area (Å²) in [5, 5.41) is 8.35. The largest absolute Gasteiger partial charge is 0.480 e. The molecule has 0 aromatic carbocycles. The average molecular weight is 181 g/mol. The Labute approximate surface area is 68.5 Å². The van der Waals surface area contributed by atoms with E-state index in [2.05, 4.69) is 0 Å². The van der Waals surface area contributed by atoms with Crippen molar-refractivity contribution < 1.29 is 18.7 Å². The Bertz CT molecular complexity index is 166. The van der Waals surface area contributed by atoms with Crippen molar-refractivity contribution in [3.63, 3.8) is 0 Å². The van der Waals surface area contributed by atoms with E-state index in [4.69, 9.17) is 16.6 Å². The van der Waals surface area contributed by atoms with Crippen LogP contribution in [0.2, 0.25) is 0 Å². The van der Waals surface area contributed by atoms with E-state index >= 15 is 0 Å². The van der Waals surface area contributed by atoms with Crippen molar-refractivity contribution in [3.05, 3.63) is 6.42 Å². The van der Waals surface area contributed by atoms with Crippen LogP contribution in [0.1, 0.15) is 6.42 Å². The molecule has 0 amide bonds. The van der Waals surface area contributed by atoms with E-state index in [1.54, 1.807) is 0 Å². The number of aliphatic carboxylic acids is 1. The quantitative estimate of drug-likeness (QED) is 0.537. The summed E-state index contributed by atoms with van der Waals surface area (Å²) in [6.45, 7) is 0.0962. The Morgan fingerprint density at radius 2 is 2.17 bits per heavy atom. The molecule has 1 unspecified atom stereocenters. The Hall–Kier alpha value is -0.750. The topological polar surface area (TPSA) is 89.3 Å². The molecule has 0 bridgehead atoms. The molecule has 0 aliphatic carbocycles. The van der Waals surface area contributed by atoms with Gasteiger partial charge in [0.25, 0.3) is 6.43 Å². The SMILES string of the molecule is NCC[CH]C(N)(C(=O)O)C(F)F. The maximum atomic E-state index is 12.1. The van der Waals surface area contributed by atoms with Gasteiger partial charge in [-0.25, -0.2) is 13.6 Å². The summed E-state index contributed by atoms with van der Waals surface area (Å²) < 4.78 is 24.2. The Morgan fingerprint density at radius 1 is 1.67 bits per heavy atom. The highest BCUT2D eigenvalue weighted by Crippen LogP contribution is 2.17. The van der Waals surface area contributed by atoms with Crippen LogP contribution in [-0.2, 0) is 4.79 Å². The van der Waals surface area contributed by atoms with Crippen LogP contribution in [0.5, 0.6) is 0 Å². The van der Waals surface area contributed by atoms with Crippen molar-refractivity contribution in [2.24, 2.45) is 11.5 Å². The lowest BCUT2D eigenvalue weighted by molar-refractivity contribution is -0.147. The fraction of sp³-hybridized carbons (Fsp3) is 0.667. The van der Waals surface area contributed by atoms with E-state index < -0.39 is 17.9 Å². The maximum absolute atomic E-state index is 12.1. The molecule has 1 atom stereocenters. The van der Waals surface area contributed by atoms with Gasteiger partial charge in [0.2, 0.25) is 0 Å². The molecule has 0 saturated carbocycles. The molecule has 6 heteroatoms. The summed E-state index contributed by atoms with van der Waals surface area (Å²) in [5.74, 6) is -1.74. The van der Waals surface area contributed by atoms with Crippen LogP contribution in [0.3, 0.4) is 0 Å². The van der Waals surface area contributed by atoms with E-state index in [0.717, 1.165) is 6.42 Å². The van der Waals surface area contributed by atoms with E-state index in [-0.39, 0.29) is 13.0 Å². The molecule has 0 aromatic rings. The molecule has 0 aromatic heterocycles. The fourth-order valence-corrected chi connectivity index (χ4v) is 0.592. The third kappa shape index (κ3) is 2.38. The number of carboxylic acid groups (broad SMARTS) is 1. The number of hydrogen-bond donors (Lipinski definition) is 3. The molecule has 0 aliphatic rings. The molecule has 1 radical (unpaired) electrons. The first-order chi connectivity index (χ1) is 5.45. The summed E-state index contributed by atoms with van der Waals surface area (Å²) in [6.07, 6.45) is -2.26. The summed E-state index contributed by atoms with van der Waals surface area (Å²) in [6, 6.07) is 0. The third-order valence-electron chi connectivity index (χ3n) is 1.38. The van der Waals surface area contributed by atoms with E-state index in [1.807, 2.05) is 0 Å². The van der Waals surface area contributed by atoms with E-state index in [0.29, 0.717) is 0 Å². The first-order valence-corrected chi connectivity index (χ1v) is 3.30. The smallest absolute Gasteiger partial charge is 0.329 e. The number of carbonyl (C=O) groups is 1. The van der Waals surface area contributed by atoms with Gasteiger partial charge in [-0.2, -0.15) is 0 Å². The van der Waals surface area contributed by atoms with Gasteiger partial charge >= 0.3 is 5.97 Å². The van der Waals surface area contributed by atoms with Crippen LogP contribution in [0.25, 0.3) is 0 Å². The summed E-state index contributed by atoms with van der Waals surface area (Å²) in [7, 11) is 0. The van der Waals surface area contributed by atoms with Crippen molar-refractivity contribution in [3.8, 4) is 0 Å². The predicted molar refractivity (Wildman–Crippen MR) is 38.5 cm³/mol. The number of halogens is 2. The molecule has 0 aliphatic heterocycles. The summed E-state index contributed by atoms with van der Waals surface area (Å²) >= 11 is 0. The zero-order chi connectivity index (χ0) is 9.78. The van der Waals surface area contributed by atoms with Gasteiger partial charge in [0, 0.05) is 0 Å². The van der Waals surface area contributed by atoms with Crippen molar-refractivity contribution in [2.75, 3.05) is 6.54 Å². The molecule has 0 rings (SSSR count). The fourth-order valence-electron chi connectivity index (χ4n) is 0.592. The lowest BCUT2D eigenvalue weighted by Crippen LogP contribution is -2.54. The van der Waals surface area contributed by atoms with Crippen molar-refractivity contribution in [2.45, 2.75) is 18.4 Å². The van der Waals surface area contributed by atoms with Crippen LogP contribution in [0.4, 0.5) is 8.78 Å². The molecule has 12 heavy (non-hydrogen) atoms. The molecule has 0 heterocycles. The lowest BCUT2D eigenvalue weighted by atomic mass is 9.95. The molecule has 71 valence electrons. The van der Waals surface area contributed by atoms with Crippen LogP contribution in [-0.4, -0.2) is 29.6 Å². The van der Waals surface area contributed by atoms with Gasteiger partial charge in [0.1, 0.15) is 0 Å². The van der Waals surface area contributed by atoms with E-state index in [9.17, 15) is 13.6 Å². The van der Waals surface area contributed by atoms with Crippen molar-refractivity contribution >= 4 is 5.97 Å². The first kappa shape index (κ1) is 11.2. The first-order valence-electron chi connectivity index (χ1n) is 3.30. The standard InChI is InChI=1S/C6H11F2N2O2/c7-4(8)6(10,5(11)12)2-1-3-9/h2,4H,1,3,9-10H2,(H,11,12). The van der Waals surface area contributed by atoms with Crippen LogP contribution < -0.4 is 11.5 Å². The van der Waals surface area contributed by atoms with Crippen molar-refractivity contribution in [1.82, 2.24) is 0 Å². The third-order valence-corrected chi connectivity index (χ3v) is 1.38. The number of hydrogen-bond acceptors (Lipinski definition) is 3. The molecule has 0 spiro atoms. The minimum absolute atomic E-state index is 0.0487. The molecule has 0 saturated heterocycles. The van der Waals surface area contributed by atoms with Gasteiger partial charge in [-0.1, -0.05) is 0 Å². The molecular weight excluding hydrogens is 170 g/mol. The molecule has 0 fully saturated rings. The number of nitrogens with two attached hydrogens (primary N) is 2. The second-order valence-electron chi connectivity index (χ2n) is 2.32. The highest BCUT2D eigenvalue weighted by Gasteiger charge is 2.43.